The maximum absolute atomic E-state index is 10.9. The fraction of sp³-hybridized carbons (Fsp3) is 0.500. The zero-order valence-corrected chi connectivity index (χ0v) is 9.99. The van der Waals surface area contributed by atoms with Gasteiger partial charge in [0.15, 0.2) is 0 Å². The summed E-state index contributed by atoms with van der Waals surface area (Å²) in [6.07, 6.45) is 1.66. The van der Waals surface area contributed by atoms with E-state index < -0.39 is 0 Å². The molecule has 4 nitrogen and oxygen atoms in total. The quantitative estimate of drug-likeness (QED) is 0.615. The molecular weight excluding hydrogens is 204 g/mol. The molecule has 0 bridgehead atoms. The first-order valence-corrected chi connectivity index (χ1v) is 5.50. The normalized spacial score (nSPS) is 12.4. The molecule has 1 rings (SSSR count). The van der Waals surface area contributed by atoms with E-state index in [4.69, 9.17) is 0 Å². The van der Waals surface area contributed by atoms with Crippen molar-refractivity contribution >= 4 is 5.69 Å². The lowest BCUT2D eigenvalue weighted by Gasteiger charge is -2.15. The maximum atomic E-state index is 10.9. The third-order valence-corrected chi connectivity index (χ3v) is 2.93. The van der Waals surface area contributed by atoms with E-state index in [1.165, 1.54) is 0 Å². The lowest BCUT2D eigenvalue weighted by atomic mass is 9.98. The van der Waals surface area contributed by atoms with Gasteiger partial charge in [0.1, 0.15) is 0 Å². The molecule has 0 radical (unpaired) electrons. The Bertz CT molecular complexity index is 373. The van der Waals surface area contributed by atoms with Crippen LogP contribution in [0.3, 0.4) is 0 Å². The number of nitrogens with zero attached hydrogens (tertiary/aromatic N) is 1. The third-order valence-electron chi connectivity index (χ3n) is 2.93. The van der Waals surface area contributed by atoms with E-state index in [9.17, 15) is 10.1 Å². The molecule has 0 aromatic heterocycles. The molecule has 0 aliphatic carbocycles. The van der Waals surface area contributed by atoms with Crippen LogP contribution in [-0.2, 0) is 6.42 Å². The zero-order valence-electron chi connectivity index (χ0n) is 9.99. The van der Waals surface area contributed by atoms with E-state index in [1.807, 2.05) is 20.0 Å². The second kappa shape index (κ2) is 5.61. The summed E-state index contributed by atoms with van der Waals surface area (Å²) in [5.41, 5.74) is 2.06. The molecule has 16 heavy (non-hydrogen) atoms. The molecule has 88 valence electrons. The average molecular weight is 222 g/mol. The van der Waals surface area contributed by atoms with Crippen LogP contribution in [0.4, 0.5) is 5.69 Å². The van der Waals surface area contributed by atoms with Gasteiger partial charge in [-0.25, -0.2) is 0 Å². The van der Waals surface area contributed by atoms with Crippen molar-refractivity contribution < 1.29 is 4.92 Å². The summed E-state index contributed by atoms with van der Waals surface area (Å²) in [5, 5.41) is 14.1. The van der Waals surface area contributed by atoms with E-state index in [0.29, 0.717) is 12.5 Å². The average Bonchev–Trinajstić information content (AvgIpc) is 2.27. The van der Waals surface area contributed by atoms with Gasteiger partial charge in [-0.05, 0) is 32.4 Å². The summed E-state index contributed by atoms with van der Waals surface area (Å²) >= 11 is 0. The lowest BCUT2D eigenvalue weighted by molar-refractivity contribution is -0.385. The topological polar surface area (TPSA) is 55.2 Å². The molecule has 0 saturated carbocycles. The van der Waals surface area contributed by atoms with E-state index in [-0.39, 0.29) is 10.6 Å². The Labute approximate surface area is 95.8 Å². The van der Waals surface area contributed by atoms with Gasteiger partial charge in [-0.3, -0.25) is 10.1 Å². The van der Waals surface area contributed by atoms with Gasteiger partial charge in [0.25, 0.3) is 5.69 Å². The smallest absolute Gasteiger partial charge is 0.272 e. The van der Waals surface area contributed by atoms with Crippen molar-refractivity contribution in [1.29, 1.82) is 0 Å². The summed E-state index contributed by atoms with van der Waals surface area (Å²) in [7, 11) is 1.89. The fourth-order valence-electron chi connectivity index (χ4n) is 1.82. The minimum absolute atomic E-state index is 0.230. The van der Waals surface area contributed by atoms with Crippen molar-refractivity contribution in [2.24, 2.45) is 0 Å². The number of nitro benzene ring substituents is 1. The second-order valence-electron chi connectivity index (χ2n) is 3.93. The van der Waals surface area contributed by atoms with Gasteiger partial charge < -0.3 is 5.32 Å². The van der Waals surface area contributed by atoms with Crippen LogP contribution in [0, 0.1) is 17.0 Å². The number of likely N-dealkylation sites (N-methyl/N-ethyl adjacent to an activating group) is 1. The van der Waals surface area contributed by atoms with E-state index in [2.05, 4.69) is 12.2 Å². The highest BCUT2D eigenvalue weighted by atomic mass is 16.6. The predicted molar refractivity (Wildman–Crippen MR) is 64.7 cm³/mol. The van der Waals surface area contributed by atoms with Gasteiger partial charge in [0.2, 0.25) is 0 Å². The van der Waals surface area contributed by atoms with Crippen molar-refractivity contribution in [3.63, 3.8) is 0 Å². The standard InChI is InChI=1S/C12H18N2O2/c1-4-10(13-3)8-11-9(2)6-5-7-12(11)14(15)16/h5-7,10,13H,4,8H2,1-3H3. The van der Waals surface area contributed by atoms with Gasteiger partial charge >= 0.3 is 0 Å². The summed E-state index contributed by atoms with van der Waals surface area (Å²) in [4.78, 5) is 10.6. The molecule has 1 atom stereocenters. The fourth-order valence-corrected chi connectivity index (χ4v) is 1.82. The van der Waals surface area contributed by atoms with Crippen LogP contribution in [0.5, 0.6) is 0 Å². The van der Waals surface area contributed by atoms with Crippen molar-refractivity contribution in [2.75, 3.05) is 7.05 Å². The first-order chi connectivity index (χ1) is 7.60. The highest BCUT2D eigenvalue weighted by Gasteiger charge is 2.17. The van der Waals surface area contributed by atoms with Crippen molar-refractivity contribution in [3.05, 3.63) is 39.4 Å². The largest absolute Gasteiger partial charge is 0.317 e. The van der Waals surface area contributed by atoms with Gasteiger partial charge in [-0.1, -0.05) is 19.1 Å². The van der Waals surface area contributed by atoms with E-state index in [0.717, 1.165) is 17.5 Å². The van der Waals surface area contributed by atoms with Gasteiger partial charge in [-0.15, -0.1) is 0 Å². The first kappa shape index (κ1) is 12.6. The molecule has 1 N–H and O–H groups in total. The molecule has 1 unspecified atom stereocenters. The zero-order chi connectivity index (χ0) is 12.1. The van der Waals surface area contributed by atoms with Crippen molar-refractivity contribution in [2.45, 2.75) is 32.7 Å². The number of nitro groups is 1. The summed E-state index contributed by atoms with van der Waals surface area (Å²) in [5.74, 6) is 0. The highest BCUT2D eigenvalue weighted by molar-refractivity contribution is 5.45. The third kappa shape index (κ3) is 2.79. The number of nitrogens with one attached hydrogen (secondary N) is 1. The number of hydrogen-bond donors (Lipinski definition) is 1. The molecule has 0 aliphatic heterocycles. The summed E-state index contributed by atoms with van der Waals surface area (Å²) < 4.78 is 0. The first-order valence-electron chi connectivity index (χ1n) is 5.50. The van der Waals surface area contributed by atoms with Crippen LogP contribution in [0.25, 0.3) is 0 Å². The lowest BCUT2D eigenvalue weighted by Crippen LogP contribution is -2.27. The highest BCUT2D eigenvalue weighted by Crippen LogP contribution is 2.23. The molecule has 1 aromatic rings. The van der Waals surface area contributed by atoms with Crippen LogP contribution in [0.15, 0.2) is 18.2 Å². The number of aryl methyl sites for hydroxylation is 1. The number of hydrogen-bond acceptors (Lipinski definition) is 3. The Morgan fingerprint density at radius 2 is 2.19 bits per heavy atom. The SMILES string of the molecule is CCC(Cc1c(C)cccc1[N+](=O)[O-])NC. The van der Waals surface area contributed by atoms with E-state index >= 15 is 0 Å². The Hall–Kier alpha value is -1.42. The Balaban J connectivity index is 3.05. The van der Waals surface area contributed by atoms with Crippen molar-refractivity contribution in [1.82, 2.24) is 5.32 Å². The van der Waals surface area contributed by atoms with Crippen LogP contribution in [0.1, 0.15) is 24.5 Å². The maximum Gasteiger partial charge on any atom is 0.272 e. The molecule has 4 heteroatoms. The molecular formula is C12H18N2O2. The number of rotatable bonds is 5. The van der Waals surface area contributed by atoms with Crippen LogP contribution in [-0.4, -0.2) is 18.0 Å². The minimum atomic E-state index is -0.301. The Morgan fingerprint density at radius 1 is 1.50 bits per heavy atom. The molecule has 1 aromatic carbocycles. The van der Waals surface area contributed by atoms with Gasteiger partial charge in [0.05, 0.1) is 4.92 Å². The Morgan fingerprint density at radius 3 is 2.69 bits per heavy atom. The minimum Gasteiger partial charge on any atom is -0.317 e. The molecule has 0 heterocycles. The molecule has 0 fully saturated rings. The molecule has 0 amide bonds. The second-order valence-corrected chi connectivity index (χ2v) is 3.93. The molecule has 0 aliphatic rings. The van der Waals surface area contributed by atoms with Gasteiger partial charge in [0, 0.05) is 17.7 Å². The van der Waals surface area contributed by atoms with Gasteiger partial charge in [-0.2, -0.15) is 0 Å². The van der Waals surface area contributed by atoms with Crippen LogP contribution in [0.2, 0.25) is 0 Å². The number of benzene rings is 1. The van der Waals surface area contributed by atoms with E-state index in [1.54, 1.807) is 12.1 Å². The monoisotopic (exact) mass is 222 g/mol. The molecule has 0 saturated heterocycles. The van der Waals surface area contributed by atoms with Crippen molar-refractivity contribution in [3.8, 4) is 0 Å². The Kier molecular flexibility index (Phi) is 4.43. The molecule has 0 spiro atoms. The predicted octanol–water partition coefficient (Wildman–Crippen LogP) is 2.44. The van der Waals surface area contributed by atoms with Crippen LogP contribution >= 0.6 is 0 Å². The summed E-state index contributed by atoms with van der Waals surface area (Å²) in [6, 6.07) is 5.52. The summed E-state index contributed by atoms with van der Waals surface area (Å²) in [6.45, 7) is 4.00. The van der Waals surface area contributed by atoms with Crippen LogP contribution < -0.4 is 5.32 Å².